The number of amides is 1. The van der Waals surface area contributed by atoms with Crippen LogP contribution in [0, 0.1) is 0 Å². The smallest absolute Gasteiger partial charge is 0.250 e. The van der Waals surface area contributed by atoms with Crippen LogP contribution >= 0.6 is 11.8 Å². The molecular weight excluding hydrogens is 416 g/mol. The van der Waals surface area contributed by atoms with Crippen molar-refractivity contribution in [2.24, 2.45) is 5.10 Å². The molecule has 0 atom stereocenters. The number of hydrazone groups is 1. The van der Waals surface area contributed by atoms with Crippen LogP contribution in [0.2, 0.25) is 0 Å². The number of carbonyl (C=O) groups is 1. The second-order valence-electron chi connectivity index (χ2n) is 7.86. The molecule has 1 aromatic heterocycles. The van der Waals surface area contributed by atoms with Crippen LogP contribution in [0.25, 0.3) is 11.0 Å². The number of nitrogens with zero attached hydrogens (tertiary/aromatic N) is 3. The van der Waals surface area contributed by atoms with Crippen molar-refractivity contribution in [2.75, 3.05) is 5.75 Å². The lowest BCUT2D eigenvalue weighted by molar-refractivity contribution is -0.118. The molecule has 1 N–H and O–H groups in total. The average Bonchev–Trinajstić information content (AvgIpc) is 3.16. The van der Waals surface area contributed by atoms with E-state index in [4.69, 9.17) is 4.98 Å². The van der Waals surface area contributed by atoms with Crippen LogP contribution in [0.3, 0.4) is 0 Å². The number of hydrogen-bond acceptors (Lipinski definition) is 4. The Bertz CT molecular complexity index is 1210. The molecule has 0 aliphatic rings. The van der Waals surface area contributed by atoms with E-state index in [1.165, 1.54) is 22.9 Å². The monoisotopic (exact) mass is 442 g/mol. The van der Waals surface area contributed by atoms with Crippen molar-refractivity contribution in [2.45, 2.75) is 31.5 Å². The van der Waals surface area contributed by atoms with Crippen molar-refractivity contribution in [3.63, 3.8) is 0 Å². The number of fused-ring (bicyclic) bond motifs is 1. The molecule has 3 aromatic carbocycles. The number of para-hydroxylation sites is 2. The fourth-order valence-corrected chi connectivity index (χ4v) is 4.20. The van der Waals surface area contributed by atoms with E-state index in [0.717, 1.165) is 21.8 Å². The van der Waals surface area contributed by atoms with Gasteiger partial charge >= 0.3 is 0 Å². The first-order chi connectivity index (χ1) is 15.6. The summed E-state index contributed by atoms with van der Waals surface area (Å²) in [5, 5.41) is 4.91. The number of rotatable bonds is 8. The van der Waals surface area contributed by atoms with E-state index in [1.54, 1.807) is 6.21 Å². The molecule has 0 radical (unpaired) electrons. The fraction of sp³-hybridized carbons (Fsp3) is 0.192. The number of thioether (sulfide) groups is 1. The average molecular weight is 443 g/mol. The topological polar surface area (TPSA) is 59.3 Å². The fourth-order valence-electron chi connectivity index (χ4n) is 3.39. The number of carbonyl (C=O) groups excluding carboxylic acids is 1. The zero-order valence-electron chi connectivity index (χ0n) is 18.2. The Morgan fingerprint density at radius 3 is 2.50 bits per heavy atom. The van der Waals surface area contributed by atoms with E-state index >= 15 is 0 Å². The predicted molar refractivity (Wildman–Crippen MR) is 132 cm³/mol. The molecule has 0 spiro atoms. The van der Waals surface area contributed by atoms with Crippen molar-refractivity contribution in [1.29, 1.82) is 0 Å². The number of benzene rings is 3. The van der Waals surface area contributed by atoms with Crippen LogP contribution in [-0.2, 0) is 11.3 Å². The highest BCUT2D eigenvalue weighted by Gasteiger charge is 2.13. The molecule has 32 heavy (non-hydrogen) atoms. The normalized spacial score (nSPS) is 11.5. The summed E-state index contributed by atoms with van der Waals surface area (Å²) in [5.41, 5.74) is 8.02. The third-order valence-corrected chi connectivity index (χ3v) is 6.12. The lowest BCUT2D eigenvalue weighted by atomic mass is 10.0. The van der Waals surface area contributed by atoms with Crippen molar-refractivity contribution >= 4 is 34.9 Å². The summed E-state index contributed by atoms with van der Waals surface area (Å²) in [5.74, 6) is 0.564. The Labute approximate surface area is 192 Å². The van der Waals surface area contributed by atoms with Crippen molar-refractivity contribution in [3.8, 4) is 0 Å². The molecule has 6 heteroatoms. The van der Waals surface area contributed by atoms with Gasteiger partial charge in [0, 0.05) is 0 Å². The minimum Gasteiger partial charge on any atom is -0.314 e. The first-order valence-electron chi connectivity index (χ1n) is 10.6. The van der Waals surface area contributed by atoms with Crippen LogP contribution in [0.1, 0.15) is 36.5 Å². The molecule has 0 fully saturated rings. The van der Waals surface area contributed by atoms with Crippen LogP contribution in [0.15, 0.2) is 89.1 Å². The van der Waals surface area contributed by atoms with Gasteiger partial charge in [-0.2, -0.15) is 5.10 Å². The largest absolute Gasteiger partial charge is 0.314 e. The van der Waals surface area contributed by atoms with E-state index in [0.29, 0.717) is 12.5 Å². The molecule has 162 valence electrons. The van der Waals surface area contributed by atoms with Gasteiger partial charge in [-0.15, -0.1) is 0 Å². The van der Waals surface area contributed by atoms with Gasteiger partial charge in [0.1, 0.15) is 0 Å². The summed E-state index contributed by atoms with van der Waals surface area (Å²) in [7, 11) is 0. The number of hydrogen-bond donors (Lipinski definition) is 1. The Kier molecular flexibility index (Phi) is 7.02. The van der Waals surface area contributed by atoms with Crippen LogP contribution in [0.4, 0.5) is 0 Å². The molecule has 4 rings (SSSR count). The summed E-state index contributed by atoms with van der Waals surface area (Å²) < 4.78 is 2.15. The van der Waals surface area contributed by atoms with E-state index < -0.39 is 0 Å². The molecule has 5 nitrogen and oxygen atoms in total. The van der Waals surface area contributed by atoms with Gasteiger partial charge in [-0.25, -0.2) is 10.4 Å². The second kappa shape index (κ2) is 10.3. The first kappa shape index (κ1) is 21.8. The highest BCUT2D eigenvalue weighted by atomic mass is 32.2. The van der Waals surface area contributed by atoms with E-state index in [1.807, 2.05) is 48.5 Å². The number of imidazole rings is 1. The summed E-state index contributed by atoms with van der Waals surface area (Å²) in [4.78, 5) is 17.1. The van der Waals surface area contributed by atoms with Gasteiger partial charge < -0.3 is 4.57 Å². The molecule has 1 amide bonds. The van der Waals surface area contributed by atoms with Crippen molar-refractivity contribution < 1.29 is 4.79 Å². The van der Waals surface area contributed by atoms with E-state index in [9.17, 15) is 4.79 Å². The van der Waals surface area contributed by atoms with Gasteiger partial charge in [-0.05, 0) is 34.7 Å². The first-order valence-corrected chi connectivity index (χ1v) is 11.6. The third kappa shape index (κ3) is 5.45. The highest BCUT2D eigenvalue weighted by molar-refractivity contribution is 7.99. The highest BCUT2D eigenvalue weighted by Crippen LogP contribution is 2.25. The quantitative estimate of drug-likeness (QED) is 0.224. The molecule has 0 aliphatic carbocycles. The lowest BCUT2D eigenvalue weighted by Crippen LogP contribution is -2.20. The Morgan fingerprint density at radius 1 is 1.03 bits per heavy atom. The second-order valence-corrected chi connectivity index (χ2v) is 8.80. The predicted octanol–water partition coefficient (Wildman–Crippen LogP) is 5.45. The summed E-state index contributed by atoms with van der Waals surface area (Å²) in [6, 6.07) is 26.5. The molecule has 0 aliphatic heterocycles. The molecule has 0 unspecified atom stereocenters. The summed E-state index contributed by atoms with van der Waals surface area (Å²) in [6.07, 6.45) is 1.66. The minimum atomic E-state index is -0.164. The van der Waals surface area contributed by atoms with E-state index in [2.05, 4.69) is 59.3 Å². The number of aromatic nitrogens is 2. The summed E-state index contributed by atoms with van der Waals surface area (Å²) >= 11 is 1.42. The summed E-state index contributed by atoms with van der Waals surface area (Å²) in [6.45, 7) is 5.03. The van der Waals surface area contributed by atoms with E-state index in [-0.39, 0.29) is 11.7 Å². The molecule has 0 saturated carbocycles. The Balaban J connectivity index is 1.40. The number of nitrogens with one attached hydrogen (secondary N) is 1. The van der Waals surface area contributed by atoms with Gasteiger partial charge in [-0.1, -0.05) is 92.3 Å². The van der Waals surface area contributed by atoms with Gasteiger partial charge in [-0.3, -0.25) is 4.79 Å². The molecule has 0 bridgehead atoms. The Hall–Kier alpha value is -3.38. The van der Waals surface area contributed by atoms with Gasteiger partial charge in [0.25, 0.3) is 5.91 Å². The standard InChI is InChI=1S/C26H26N4OS/c1-19(2)22-14-12-20(13-15-22)16-27-29-25(31)18-32-26-28-23-10-6-7-11-24(23)30(26)17-21-8-4-3-5-9-21/h3-16,19H,17-18H2,1-2H3,(H,29,31). The molecule has 0 saturated heterocycles. The van der Waals surface area contributed by atoms with Crippen LogP contribution in [-0.4, -0.2) is 27.4 Å². The van der Waals surface area contributed by atoms with Crippen molar-refractivity contribution in [1.82, 2.24) is 15.0 Å². The maximum atomic E-state index is 12.4. The van der Waals surface area contributed by atoms with Gasteiger partial charge in [0.05, 0.1) is 29.5 Å². The zero-order valence-corrected chi connectivity index (χ0v) is 19.0. The Morgan fingerprint density at radius 2 is 1.75 bits per heavy atom. The van der Waals surface area contributed by atoms with Crippen LogP contribution in [0.5, 0.6) is 0 Å². The van der Waals surface area contributed by atoms with Crippen LogP contribution < -0.4 is 5.43 Å². The maximum absolute atomic E-state index is 12.4. The molecular formula is C26H26N4OS. The molecule has 1 heterocycles. The maximum Gasteiger partial charge on any atom is 0.250 e. The third-order valence-electron chi connectivity index (χ3n) is 5.14. The minimum absolute atomic E-state index is 0.164. The molecule has 4 aromatic rings. The van der Waals surface area contributed by atoms with Gasteiger partial charge in [0.15, 0.2) is 5.16 Å². The zero-order chi connectivity index (χ0) is 22.3. The SMILES string of the molecule is CC(C)c1ccc(C=NNC(=O)CSc2nc3ccccc3n2Cc2ccccc2)cc1. The lowest BCUT2D eigenvalue weighted by Gasteiger charge is -2.09. The van der Waals surface area contributed by atoms with Crippen molar-refractivity contribution in [3.05, 3.63) is 95.6 Å². The van der Waals surface area contributed by atoms with Gasteiger partial charge in [0.2, 0.25) is 0 Å².